The lowest BCUT2D eigenvalue weighted by Gasteiger charge is -2.10. The predicted octanol–water partition coefficient (Wildman–Crippen LogP) is 5.49. The van der Waals surface area contributed by atoms with E-state index in [-0.39, 0.29) is 17.4 Å². The average Bonchev–Trinajstić information content (AvgIpc) is 2.60. The first-order valence-corrected chi connectivity index (χ1v) is 8.85. The van der Waals surface area contributed by atoms with Crippen molar-refractivity contribution in [3.63, 3.8) is 0 Å². The van der Waals surface area contributed by atoms with Gasteiger partial charge in [-0.15, -0.1) is 0 Å². The average molecular weight is 483 g/mol. The third kappa shape index (κ3) is 4.20. The second kappa shape index (κ2) is 7.83. The van der Waals surface area contributed by atoms with Gasteiger partial charge in [-0.2, -0.15) is 4.98 Å². The van der Waals surface area contributed by atoms with Gasteiger partial charge in [0.2, 0.25) is 5.82 Å². The van der Waals surface area contributed by atoms with Crippen LogP contribution in [0.2, 0.25) is 5.02 Å². The first kappa shape index (κ1) is 18.3. The summed E-state index contributed by atoms with van der Waals surface area (Å²) in [5.74, 6) is 0.292. The molecule has 0 aliphatic rings. The molecule has 0 atom stereocenters. The summed E-state index contributed by atoms with van der Waals surface area (Å²) in [6, 6.07) is 12.3. The number of ether oxygens (including phenoxy) is 1. The van der Waals surface area contributed by atoms with Crippen molar-refractivity contribution < 1.29 is 9.66 Å². The summed E-state index contributed by atoms with van der Waals surface area (Å²) in [7, 11) is 0. The summed E-state index contributed by atoms with van der Waals surface area (Å²) in [5, 5.41) is 15.1. The van der Waals surface area contributed by atoms with Crippen LogP contribution in [-0.4, -0.2) is 14.9 Å². The van der Waals surface area contributed by atoms with E-state index >= 15 is 0 Å². The van der Waals surface area contributed by atoms with Crippen molar-refractivity contribution in [3.8, 4) is 11.6 Å². The molecule has 1 aromatic heterocycles. The first-order valence-electron chi connectivity index (χ1n) is 7.40. The molecule has 0 bridgehead atoms. The normalized spacial score (nSPS) is 10.4. The van der Waals surface area contributed by atoms with Crippen molar-refractivity contribution in [2.45, 2.75) is 6.92 Å². The fourth-order valence-corrected chi connectivity index (χ4v) is 2.63. The third-order valence-corrected chi connectivity index (χ3v) is 4.57. The lowest BCUT2D eigenvalue weighted by Crippen LogP contribution is -2.03. The molecule has 7 nitrogen and oxygen atoms in total. The van der Waals surface area contributed by atoms with E-state index in [9.17, 15) is 10.1 Å². The van der Waals surface area contributed by atoms with Crippen molar-refractivity contribution in [1.82, 2.24) is 9.97 Å². The summed E-state index contributed by atoms with van der Waals surface area (Å²) in [6.07, 6.45) is 1.21. The van der Waals surface area contributed by atoms with Crippen LogP contribution in [0, 0.1) is 20.6 Å². The van der Waals surface area contributed by atoms with Crippen molar-refractivity contribution in [2.75, 3.05) is 5.32 Å². The monoisotopic (exact) mass is 482 g/mol. The van der Waals surface area contributed by atoms with Crippen LogP contribution in [0.3, 0.4) is 0 Å². The molecular weight excluding hydrogens is 471 g/mol. The van der Waals surface area contributed by atoms with E-state index < -0.39 is 4.92 Å². The highest BCUT2D eigenvalue weighted by molar-refractivity contribution is 14.1. The van der Waals surface area contributed by atoms with Crippen molar-refractivity contribution >= 4 is 51.4 Å². The Kier molecular flexibility index (Phi) is 5.52. The van der Waals surface area contributed by atoms with E-state index in [1.165, 1.54) is 6.33 Å². The highest BCUT2D eigenvalue weighted by Gasteiger charge is 2.25. The molecule has 0 unspecified atom stereocenters. The van der Waals surface area contributed by atoms with Crippen molar-refractivity contribution in [3.05, 3.63) is 73.1 Å². The maximum absolute atomic E-state index is 11.6. The number of halogens is 2. The Labute approximate surface area is 167 Å². The third-order valence-electron chi connectivity index (χ3n) is 3.42. The molecule has 1 N–H and O–H groups in total. The number of hydrogen-bond donors (Lipinski definition) is 1. The molecule has 0 fully saturated rings. The summed E-state index contributed by atoms with van der Waals surface area (Å²) in [4.78, 5) is 18.9. The Morgan fingerprint density at radius 1 is 1.19 bits per heavy atom. The van der Waals surface area contributed by atoms with Crippen molar-refractivity contribution in [2.24, 2.45) is 0 Å². The largest absolute Gasteiger partial charge is 0.434 e. The Balaban J connectivity index is 1.96. The highest BCUT2D eigenvalue weighted by atomic mass is 127. The Morgan fingerprint density at radius 2 is 1.92 bits per heavy atom. The van der Waals surface area contributed by atoms with Gasteiger partial charge in [-0.05, 0) is 77.5 Å². The van der Waals surface area contributed by atoms with Gasteiger partial charge in [0, 0.05) is 14.3 Å². The zero-order valence-corrected chi connectivity index (χ0v) is 16.4. The molecule has 2 aromatic carbocycles. The number of anilines is 2. The second-order valence-corrected chi connectivity index (χ2v) is 6.93. The topological polar surface area (TPSA) is 90.2 Å². The minimum absolute atomic E-state index is 0.0480. The maximum Gasteiger partial charge on any atom is 0.373 e. The molecule has 0 saturated heterocycles. The summed E-state index contributed by atoms with van der Waals surface area (Å²) in [5.41, 5.74) is 1.11. The van der Waals surface area contributed by atoms with Crippen molar-refractivity contribution in [1.29, 1.82) is 0 Å². The molecule has 3 aromatic rings. The fourth-order valence-electron chi connectivity index (χ4n) is 2.16. The zero-order chi connectivity index (χ0) is 18.7. The van der Waals surface area contributed by atoms with Crippen LogP contribution >= 0.6 is 34.2 Å². The van der Waals surface area contributed by atoms with Crippen LogP contribution in [-0.2, 0) is 0 Å². The molecule has 3 rings (SSSR count). The van der Waals surface area contributed by atoms with Gasteiger partial charge in [0.25, 0.3) is 0 Å². The summed E-state index contributed by atoms with van der Waals surface area (Å²) >= 11 is 8.17. The van der Waals surface area contributed by atoms with Crippen LogP contribution in [0.4, 0.5) is 17.2 Å². The van der Waals surface area contributed by atoms with E-state index in [1.807, 2.05) is 19.1 Å². The summed E-state index contributed by atoms with van der Waals surface area (Å²) in [6.45, 7) is 1.81. The number of nitrogens with zero attached hydrogens (tertiary/aromatic N) is 3. The quantitative estimate of drug-likeness (QED) is 0.294. The molecule has 0 spiro atoms. The van der Waals surface area contributed by atoms with E-state index in [4.69, 9.17) is 16.3 Å². The highest BCUT2D eigenvalue weighted by Crippen LogP contribution is 2.36. The maximum atomic E-state index is 11.6. The van der Waals surface area contributed by atoms with Gasteiger partial charge in [0.1, 0.15) is 12.1 Å². The molecule has 132 valence electrons. The van der Waals surface area contributed by atoms with Gasteiger partial charge in [-0.25, -0.2) is 4.98 Å². The van der Waals surface area contributed by atoms with E-state index in [2.05, 4.69) is 37.9 Å². The van der Waals surface area contributed by atoms with E-state index in [0.717, 1.165) is 9.13 Å². The molecule has 0 radical (unpaired) electrons. The summed E-state index contributed by atoms with van der Waals surface area (Å²) < 4.78 is 6.66. The van der Waals surface area contributed by atoms with Crippen LogP contribution in [0.15, 0.2) is 48.8 Å². The molecule has 0 saturated carbocycles. The van der Waals surface area contributed by atoms with Crippen LogP contribution < -0.4 is 10.1 Å². The SMILES string of the molecule is Cc1cc(Oc2ncnc(Nc3ccc(I)cc3)c2[N+](=O)[O-])ccc1Cl. The van der Waals surface area contributed by atoms with Gasteiger partial charge >= 0.3 is 11.6 Å². The minimum Gasteiger partial charge on any atom is -0.434 e. The van der Waals surface area contributed by atoms with E-state index in [0.29, 0.717) is 16.5 Å². The lowest BCUT2D eigenvalue weighted by atomic mass is 10.2. The number of nitro groups is 1. The van der Waals surface area contributed by atoms with Gasteiger partial charge in [-0.1, -0.05) is 11.6 Å². The molecule has 1 heterocycles. The lowest BCUT2D eigenvalue weighted by molar-refractivity contribution is -0.385. The van der Waals surface area contributed by atoms with Gasteiger partial charge in [0.05, 0.1) is 4.92 Å². The van der Waals surface area contributed by atoms with Crippen LogP contribution in [0.5, 0.6) is 11.6 Å². The Hall–Kier alpha value is -2.46. The fraction of sp³-hybridized carbons (Fsp3) is 0.0588. The number of nitrogens with one attached hydrogen (secondary N) is 1. The molecule has 0 amide bonds. The number of aryl methyl sites for hydroxylation is 1. The Bertz CT molecular complexity index is 967. The molecule has 0 aliphatic heterocycles. The van der Waals surface area contributed by atoms with Crippen LogP contribution in [0.1, 0.15) is 5.56 Å². The zero-order valence-electron chi connectivity index (χ0n) is 13.4. The molecule has 0 aliphatic carbocycles. The number of hydrogen-bond acceptors (Lipinski definition) is 6. The Morgan fingerprint density at radius 3 is 2.58 bits per heavy atom. The predicted molar refractivity (Wildman–Crippen MR) is 107 cm³/mol. The standard InChI is InChI=1S/C17H12ClIN4O3/c1-10-8-13(6-7-14(10)18)26-17-15(23(24)25)16(20-9-21-17)22-12-4-2-11(19)3-5-12/h2-9H,1H3,(H,20,21,22). The molecule has 26 heavy (non-hydrogen) atoms. The van der Waals surface area contributed by atoms with Gasteiger partial charge in [-0.3, -0.25) is 10.1 Å². The second-order valence-electron chi connectivity index (χ2n) is 5.28. The van der Waals surface area contributed by atoms with Gasteiger partial charge in [0.15, 0.2) is 0 Å². The number of benzene rings is 2. The number of aromatic nitrogens is 2. The first-order chi connectivity index (χ1) is 12.4. The van der Waals surface area contributed by atoms with Gasteiger partial charge < -0.3 is 10.1 Å². The van der Waals surface area contributed by atoms with Crippen LogP contribution in [0.25, 0.3) is 0 Å². The smallest absolute Gasteiger partial charge is 0.373 e. The van der Waals surface area contributed by atoms with E-state index in [1.54, 1.807) is 30.3 Å². The minimum atomic E-state index is -0.576. The molecular formula is C17H12ClIN4O3. The number of rotatable bonds is 5. The molecule has 9 heteroatoms.